The molecule has 0 atom stereocenters. The molecule has 0 saturated heterocycles. The van der Waals surface area contributed by atoms with E-state index in [2.05, 4.69) is 20.6 Å². The number of anilines is 2. The minimum Gasteiger partial charge on any atom is -0.368 e. The second kappa shape index (κ2) is 6.24. The van der Waals surface area contributed by atoms with Gasteiger partial charge < -0.3 is 16.4 Å². The van der Waals surface area contributed by atoms with Crippen molar-refractivity contribution in [1.82, 2.24) is 15.3 Å². The molecular formula is C10H16ClN5O. The third-order valence-electron chi connectivity index (χ3n) is 1.85. The number of nitrogens with zero attached hydrogens (tertiary/aromatic N) is 2. The summed E-state index contributed by atoms with van der Waals surface area (Å²) >= 11 is 5.70. The molecule has 0 unspecified atom stereocenters. The van der Waals surface area contributed by atoms with Crippen molar-refractivity contribution in [3.05, 3.63) is 11.2 Å². The van der Waals surface area contributed by atoms with Crippen LogP contribution in [-0.2, 0) is 4.79 Å². The minimum absolute atomic E-state index is 0.0718. The topological polar surface area (TPSA) is 92.9 Å². The van der Waals surface area contributed by atoms with Crippen molar-refractivity contribution >= 4 is 29.3 Å². The summed E-state index contributed by atoms with van der Waals surface area (Å²) in [4.78, 5) is 19.0. The number of halogens is 1. The number of hydrogen-bond acceptors (Lipinski definition) is 5. The average molecular weight is 258 g/mol. The molecule has 1 heterocycles. The second-order valence-electron chi connectivity index (χ2n) is 3.99. The zero-order valence-electron chi connectivity index (χ0n) is 9.83. The molecule has 1 amide bonds. The molecule has 7 heteroatoms. The zero-order valence-corrected chi connectivity index (χ0v) is 10.6. The molecule has 0 radical (unpaired) electrons. The lowest BCUT2D eigenvalue weighted by Crippen LogP contribution is -2.32. The highest BCUT2D eigenvalue weighted by Crippen LogP contribution is 2.11. The van der Waals surface area contributed by atoms with E-state index in [4.69, 9.17) is 17.3 Å². The maximum atomic E-state index is 11.4. The molecule has 1 aromatic heterocycles. The number of amides is 1. The summed E-state index contributed by atoms with van der Waals surface area (Å²) in [5.41, 5.74) is 5.42. The summed E-state index contributed by atoms with van der Waals surface area (Å²) in [6.45, 7) is 4.82. The lowest BCUT2D eigenvalue weighted by Gasteiger charge is -2.09. The molecule has 0 aliphatic rings. The van der Waals surface area contributed by atoms with E-state index in [0.29, 0.717) is 18.3 Å². The Labute approximate surface area is 105 Å². The predicted octanol–water partition coefficient (Wildman–Crippen LogP) is 0.896. The number of nitrogen functional groups attached to an aromatic ring is 1. The van der Waals surface area contributed by atoms with E-state index in [-0.39, 0.29) is 23.6 Å². The van der Waals surface area contributed by atoms with Gasteiger partial charge in [-0.25, -0.2) is 4.98 Å². The molecule has 94 valence electrons. The number of nitrogens with two attached hydrogens (primary N) is 1. The fraction of sp³-hybridized carbons (Fsp3) is 0.500. The molecule has 1 aromatic rings. The second-order valence-corrected chi connectivity index (χ2v) is 4.37. The van der Waals surface area contributed by atoms with Gasteiger partial charge in [-0.3, -0.25) is 4.79 Å². The Hall–Kier alpha value is -1.56. The van der Waals surface area contributed by atoms with Gasteiger partial charge in [0.15, 0.2) is 0 Å². The molecule has 0 aliphatic heterocycles. The Morgan fingerprint density at radius 3 is 2.82 bits per heavy atom. The molecule has 17 heavy (non-hydrogen) atoms. The molecule has 0 bridgehead atoms. The lowest BCUT2D eigenvalue weighted by atomic mass is 10.2. The van der Waals surface area contributed by atoms with Crippen LogP contribution < -0.4 is 16.4 Å². The quantitative estimate of drug-likeness (QED) is 0.682. The Morgan fingerprint density at radius 2 is 2.24 bits per heavy atom. The molecule has 0 aromatic carbocycles. The van der Waals surface area contributed by atoms with E-state index in [1.54, 1.807) is 0 Å². The van der Waals surface area contributed by atoms with Crippen molar-refractivity contribution in [3.8, 4) is 0 Å². The van der Waals surface area contributed by atoms with Crippen molar-refractivity contribution in [3.63, 3.8) is 0 Å². The van der Waals surface area contributed by atoms with Gasteiger partial charge in [0.25, 0.3) is 0 Å². The van der Waals surface area contributed by atoms with Gasteiger partial charge in [0.2, 0.25) is 11.9 Å². The Kier molecular flexibility index (Phi) is 4.96. The zero-order chi connectivity index (χ0) is 12.8. The van der Waals surface area contributed by atoms with E-state index < -0.39 is 0 Å². The number of rotatable bonds is 5. The van der Waals surface area contributed by atoms with Crippen LogP contribution in [0.1, 0.15) is 13.8 Å². The SMILES string of the molecule is CC(C)CNC(=O)CNc1cc(Cl)nc(N)n1. The number of carbonyl (C=O) groups excluding carboxylic acids is 1. The third kappa shape index (κ3) is 5.35. The summed E-state index contributed by atoms with van der Waals surface area (Å²) in [7, 11) is 0. The first-order valence-corrected chi connectivity index (χ1v) is 5.66. The maximum Gasteiger partial charge on any atom is 0.239 e. The van der Waals surface area contributed by atoms with Crippen molar-refractivity contribution in [2.24, 2.45) is 5.92 Å². The van der Waals surface area contributed by atoms with Crippen LogP contribution in [0.3, 0.4) is 0 Å². The number of carbonyl (C=O) groups is 1. The van der Waals surface area contributed by atoms with E-state index >= 15 is 0 Å². The summed E-state index contributed by atoms with van der Waals surface area (Å²) in [5, 5.41) is 5.83. The van der Waals surface area contributed by atoms with Crippen LogP contribution in [0.25, 0.3) is 0 Å². The van der Waals surface area contributed by atoms with Crippen LogP contribution in [0.15, 0.2) is 6.07 Å². The summed E-state index contributed by atoms with van der Waals surface area (Å²) in [5.74, 6) is 0.819. The first-order valence-electron chi connectivity index (χ1n) is 5.28. The van der Waals surface area contributed by atoms with Crippen molar-refractivity contribution < 1.29 is 4.79 Å². The lowest BCUT2D eigenvalue weighted by molar-refractivity contribution is -0.119. The van der Waals surface area contributed by atoms with Crippen LogP contribution in [-0.4, -0.2) is 29.0 Å². The monoisotopic (exact) mass is 257 g/mol. The van der Waals surface area contributed by atoms with Crippen molar-refractivity contribution in [2.45, 2.75) is 13.8 Å². The molecule has 0 spiro atoms. The fourth-order valence-corrected chi connectivity index (χ4v) is 1.27. The summed E-state index contributed by atoms with van der Waals surface area (Å²) in [6.07, 6.45) is 0. The van der Waals surface area contributed by atoms with Crippen LogP contribution in [0.5, 0.6) is 0 Å². The van der Waals surface area contributed by atoms with Gasteiger partial charge in [-0.05, 0) is 5.92 Å². The Balaban J connectivity index is 2.42. The van der Waals surface area contributed by atoms with E-state index in [0.717, 1.165) is 0 Å². The molecule has 4 N–H and O–H groups in total. The number of hydrogen-bond donors (Lipinski definition) is 3. The Bertz CT molecular complexity index is 376. The van der Waals surface area contributed by atoms with E-state index in [9.17, 15) is 4.79 Å². The number of nitrogens with one attached hydrogen (secondary N) is 2. The van der Waals surface area contributed by atoms with Crippen LogP contribution in [0.4, 0.5) is 11.8 Å². The van der Waals surface area contributed by atoms with E-state index in [1.807, 2.05) is 13.8 Å². The fourth-order valence-electron chi connectivity index (χ4n) is 1.08. The van der Waals surface area contributed by atoms with E-state index in [1.165, 1.54) is 6.07 Å². The van der Waals surface area contributed by atoms with Gasteiger partial charge in [-0.15, -0.1) is 0 Å². The molecule has 1 rings (SSSR count). The van der Waals surface area contributed by atoms with Crippen molar-refractivity contribution in [2.75, 3.05) is 24.1 Å². The van der Waals surface area contributed by atoms with Crippen LogP contribution >= 0.6 is 11.6 Å². The molecule has 0 saturated carbocycles. The molecule has 6 nitrogen and oxygen atoms in total. The van der Waals surface area contributed by atoms with Gasteiger partial charge in [-0.1, -0.05) is 25.4 Å². The van der Waals surface area contributed by atoms with Crippen molar-refractivity contribution in [1.29, 1.82) is 0 Å². The van der Waals surface area contributed by atoms with Gasteiger partial charge in [0.1, 0.15) is 11.0 Å². The van der Waals surface area contributed by atoms with Crippen LogP contribution in [0.2, 0.25) is 5.15 Å². The summed E-state index contributed by atoms with van der Waals surface area (Å²) in [6, 6.07) is 1.51. The van der Waals surface area contributed by atoms with Gasteiger partial charge in [0.05, 0.1) is 6.54 Å². The standard InChI is InChI=1S/C10H16ClN5O/c1-6(2)4-14-9(17)5-13-8-3-7(11)15-10(12)16-8/h3,6H,4-5H2,1-2H3,(H,14,17)(H3,12,13,15,16). The smallest absolute Gasteiger partial charge is 0.239 e. The third-order valence-corrected chi connectivity index (χ3v) is 2.04. The normalized spacial score (nSPS) is 10.4. The average Bonchev–Trinajstić information content (AvgIpc) is 2.22. The van der Waals surface area contributed by atoms with Crippen LogP contribution in [0, 0.1) is 5.92 Å². The summed E-state index contributed by atoms with van der Waals surface area (Å²) < 4.78 is 0. The first-order chi connectivity index (χ1) is 7.97. The largest absolute Gasteiger partial charge is 0.368 e. The first kappa shape index (κ1) is 13.5. The highest BCUT2D eigenvalue weighted by atomic mass is 35.5. The minimum atomic E-state index is -0.105. The van der Waals surface area contributed by atoms with Gasteiger partial charge in [0, 0.05) is 12.6 Å². The van der Waals surface area contributed by atoms with Gasteiger partial charge >= 0.3 is 0 Å². The number of aromatic nitrogens is 2. The molecule has 0 fully saturated rings. The highest BCUT2D eigenvalue weighted by Gasteiger charge is 2.04. The maximum absolute atomic E-state index is 11.4. The molecule has 0 aliphatic carbocycles. The van der Waals surface area contributed by atoms with Gasteiger partial charge in [-0.2, -0.15) is 4.98 Å². The highest BCUT2D eigenvalue weighted by molar-refractivity contribution is 6.29. The Morgan fingerprint density at radius 1 is 1.53 bits per heavy atom. The predicted molar refractivity (Wildman–Crippen MR) is 67.8 cm³/mol. The molecular weight excluding hydrogens is 242 g/mol.